The summed E-state index contributed by atoms with van der Waals surface area (Å²) in [6.07, 6.45) is 4.27. The van der Waals surface area contributed by atoms with E-state index in [4.69, 9.17) is 5.73 Å². The van der Waals surface area contributed by atoms with Gasteiger partial charge in [0, 0.05) is 18.7 Å². The molecule has 2 aromatic rings. The molecular weight excluding hydrogens is 406 g/mol. The number of hydrogen-bond acceptors (Lipinski definition) is 5. The number of nitrogen functional groups attached to an aromatic ring is 1. The van der Waals surface area contributed by atoms with E-state index in [1.165, 1.54) is 6.20 Å². The predicted octanol–water partition coefficient (Wildman–Crippen LogP) is 2.97. The molecule has 1 aromatic carbocycles. The zero-order valence-corrected chi connectivity index (χ0v) is 18.7. The van der Waals surface area contributed by atoms with Gasteiger partial charge in [-0.3, -0.25) is 14.4 Å². The van der Waals surface area contributed by atoms with Crippen LogP contribution in [0, 0.1) is 12.8 Å². The largest absolute Gasteiger partial charge is 0.383 e. The van der Waals surface area contributed by atoms with Crippen LogP contribution in [0.3, 0.4) is 0 Å². The Labute approximate surface area is 187 Å². The van der Waals surface area contributed by atoms with Gasteiger partial charge in [0.2, 0.25) is 5.91 Å². The number of carbonyl (C=O) groups excluding carboxylic acids is 3. The second-order valence-electron chi connectivity index (χ2n) is 9.13. The van der Waals surface area contributed by atoms with E-state index in [1.54, 1.807) is 17.9 Å². The average molecular weight is 436 g/mol. The Bertz CT molecular complexity index is 1100. The number of carbonyl (C=O) groups is 3. The third kappa shape index (κ3) is 4.04. The molecule has 32 heavy (non-hydrogen) atoms. The van der Waals surface area contributed by atoms with Crippen LogP contribution in [-0.2, 0) is 26.3 Å². The van der Waals surface area contributed by atoms with E-state index in [0.29, 0.717) is 30.9 Å². The van der Waals surface area contributed by atoms with Crippen molar-refractivity contribution in [3.63, 3.8) is 0 Å². The third-order valence-electron chi connectivity index (χ3n) is 6.65. The number of piperidine rings is 1. The molecule has 4 N–H and O–H groups in total. The van der Waals surface area contributed by atoms with Crippen LogP contribution in [0.5, 0.6) is 0 Å². The van der Waals surface area contributed by atoms with Crippen molar-refractivity contribution in [1.82, 2.24) is 9.88 Å². The molecular formula is C24H29N5O3. The number of pyridine rings is 1. The Morgan fingerprint density at radius 1 is 1.28 bits per heavy atom. The van der Waals surface area contributed by atoms with Crippen molar-refractivity contribution in [2.45, 2.75) is 52.0 Å². The molecule has 1 aromatic heterocycles. The van der Waals surface area contributed by atoms with E-state index in [2.05, 4.69) is 28.6 Å². The van der Waals surface area contributed by atoms with Gasteiger partial charge in [-0.15, -0.1) is 0 Å². The summed E-state index contributed by atoms with van der Waals surface area (Å²) in [5.41, 5.74) is 9.15. The number of anilines is 3. The van der Waals surface area contributed by atoms with E-state index in [1.807, 2.05) is 19.1 Å². The number of fused-ring (bicyclic) bond motifs is 1. The van der Waals surface area contributed by atoms with Gasteiger partial charge in [0.05, 0.1) is 17.4 Å². The smallest absolute Gasteiger partial charge is 0.313 e. The van der Waals surface area contributed by atoms with Crippen LogP contribution in [0.15, 0.2) is 30.5 Å². The van der Waals surface area contributed by atoms with Gasteiger partial charge in [-0.2, -0.15) is 0 Å². The van der Waals surface area contributed by atoms with Crippen LogP contribution in [-0.4, -0.2) is 34.2 Å². The summed E-state index contributed by atoms with van der Waals surface area (Å²) in [5, 5.41) is 5.57. The molecule has 3 heterocycles. The highest BCUT2D eigenvalue weighted by Gasteiger charge is 2.43. The summed E-state index contributed by atoms with van der Waals surface area (Å²) in [7, 11) is 0. The third-order valence-corrected chi connectivity index (χ3v) is 6.65. The first kappa shape index (κ1) is 21.8. The van der Waals surface area contributed by atoms with Crippen LogP contribution in [0.25, 0.3) is 0 Å². The first-order chi connectivity index (χ1) is 15.2. The van der Waals surface area contributed by atoms with Crippen LogP contribution < -0.4 is 16.4 Å². The molecule has 0 bridgehead atoms. The van der Waals surface area contributed by atoms with Gasteiger partial charge >= 0.3 is 11.8 Å². The Balaban J connectivity index is 1.61. The number of nitrogens with two attached hydrogens (primary N) is 1. The highest BCUT2D eigenvalue weighted by Crippen LogP contribution is 2.41. The number of aryl methyl sites for hydroxylation is 2. The van der Waals surface area contributed by atoms with Gasteiger partial charge in [-0.1, -0.05) is 19.1 Å². The number of hydrogen-bond donors (Lipinski definition) is 3. The molecule has 0 spiro atoms. The maximum atomic E-state index is 13.3. The first-order valence-electron chi connectivity index (χ1n) is 11.0. The molecule has 1 fully saturated rings. The highest BCUT2D eigenvalue weighted by atomic mass is 16.2. The molecule has 2 atom stereocenters. The number of nitrogens with zero attached hydrogens (tertiary/aromatic N) is 2. The van der Waals surface area contributed by atoms with Crippen molar-refractivity contribution in [3.05, 3.63) is 47.2 Å². The van der Waals surface area contributed by atoms with Crippen molar-refractivity contribution in [3.8, 4) is 0 Å². The molecule has 1 saturated heterocycles. The van der Waals surface area contributed by atoms with E-state index in [0.717, 1.165) is 35.2 Å². The van der Waals surface area contributed by atoms with Gasteiger partial charge in [0.25, 0.3) is 0 Å². The van der Waals surface area contributed by atoms with Crippen LogP contribution in [0.1, 0.15) is 49.8 Å². The molecule has 0 radical (unpaired) electrons. The predicted molar refractivity (Wildman–Crippen MR) is 123 cm³/mol. The first-order valence-corrected chi connectivity index (χ1v) is 11.0. The Morgan fingerprint density at radius 2 is 2.06 bits per heavy atom. The van der Waals surface area contributed by atoms with Crippen molar-refractivity contribution < 1.29 is 14.4 Å². The highest BCUT2D eigenvalue weighted by molar-refractivity contribution is 6.39. The fourth-order valence-corrected chi connectivity index (χ4v) is 4.55. The standard InChI is InChI=1S/C24H29N5O3/c1-14-8-9-24(3,17-5-6-19-16(11-17)4-7-20(30)28-19)29(13-14)23(32)22(31)27-18-10-15(2)21(25)26-12-18/h5-6,10-12,14H,4,7-9,13H2,1-3H3,(H2,25,26)(H,27,31)(H,28,30)/t14-,24-/m0/s1. The van der Waals surface area contributed by atoms with Crippen molar-refractivity contribution in [2.75, 3.05) is 22.9 Å². The fourth-order valence-electron chi connectivity index (χ4n) is 4.55. The van der Waals surface area contributed by atoms with Crippen molar-refractivity contribution >= 4 is 34.9 Å². The lowest BCUT2D eigenvalue weighted by Crippen LogP contribution is -2.55. The van der Waals surface area contributed by atoms with Crippen LogP contribution in [0.4, 0.5) is 17.2 Å². The Hall–Kier alpha value is -3.42. The summed E-state index contributed by atoms with van der Waals surface area (Å²) in [6, 6.07) is 7.61. The number of rotatable bonds is 2. The maximum Gasteiger partial charge on any atom is 0.313 e. The van der Waals surface area contributed by atoms with Gasteiger partial charge in [-0.25, -0.2) is 4.98 Å². The molecule has 0 unspecified atom stereocenters. The number of amides is 3. The van der Waals surface area contributed by atoms with E-state index in [-0.39, 0.29) is 11.8 Å². The minimum absolute atomic E-state index is 0.0174. The summed E-state index contributed by atoms with van der Waals surface area (Å²) < 4.78 is 0. The normalized spacial score (nSPS) is 22.7. The summed E-state index contributed by atoms with van der Waals surface area (Å²) in [5.74, 6) is -0.572. The van der Waals surface area contributed by atoms with Crippen molar-refractivity contribution in [1.29, 1.82) is 0 Å². The zero-order chi connectivity index (χ0) is 23.0. The lowest BCUT2D eigenvalue weighted by molar-refractivity contribution is -0.150. The van der Waals surface area contributed by atoms with Crippen LogP contribution >= 0.6 is 0 Å². The monoisotopic (exact) mass is 435 g/mol. The Morgan fingerprint density at radius 3 is 2.81 bits per heavy atom. The maximum absolute atomic E-state index is 13.3. The quantitative estimate of drug-likeness (QED) is 0.627. The lowest BCUT2D eigenvalue weighted by Gasteiger charge is -2.47. The van der Waals surface area contributed by atoms with Crippen molar-refractivity contribution in [2.24, 2.45) is 5.92 Å². The summed E-state index contributed by atoms with van der Waals surface area (Å²) in [6.45, 7) is 6.40. The SMILES string of the molecule is Cc1cc(NC(=O)C(=O)N2C[C@@H](C)CC[C@@]2(C)c2ccc3c(c2)CCC(=O)N3)cnc1N. The summed E-state index contributed by atoms with van der Waals surface area (Å²) in [4.78, 5) is 43.7. The average Bonchev–Trinajstić information content (AvgIpc) is 2.77. The molecule has 0 aliphatic carbocycles. The number of likely N-dealkylation sites (tertiary alicyclic amines) is 1. The Kier molecular flexibility index (Phi) is 5.62. The van der Waals surface area contributed by atoms with Crippen LogP contribution in [0.2, 0.25) is 0 Å². The topological polar surface area (TPSA) is 117 Å². The minimum Gasteiger partial charge on any atom is -0.383 e. The molecule has 2 aliphatic rings. The molecule has 8 nitrogen and oxygen atoms in total. The van der Waals surface area contributed by atoms with Gasteiger partial charge in [-0.05, 0) is 67.9 Å². The molecule has 2 aliphatic heterocycles. The molecule has 4 rings (SSSR count). The van der Waals surface area contributed by atoms with Gasteiger partial charge in [0.15, 0.2) is 0 Å². The van der Waals surface area contributed by atoms with E-state index >= 15 is 0 Å². The van der Waals surface area contributed by atoms with Gasteiger partial charge in [0.1, 0.15) is 5.82 Å². The number of nitrogens with one attached hydrogen (secondary N) is 2. The van der Waals surface area contributed by atoms with E-state index < -0.39 is 17.4 Å². The summed E-state index contributed by atoms with van der Waals surface area (Å²) >= 11 is 0. The van der Waals surface area contributed by atoms with Gasteiger partial charge < -0.3 is 21.3 Å². The molecule has 8 heteroatoms. The second-order valence-corrected chi connectivity index (χ2v) is 9.13. The zero-order valence-electron chi connectivity index (χ0n) is 18.7. The molecule has 0 saturated carbocycles. The number of benzene rings is 1. The second kappa shape index (κ2) is 8.26. The van der Waals surface area contributed by atoms with E-state index in [9.17, 15) is 14.4 Å². The fraction of sp³-hybridized carbons (Fsp3) is 0.417. The lowest BCUT2D eigenvalue weighted by atomic mass is 9.78. The molecule has 168 valence electrons. The number of aromatic nitrogens is 1. The minimum atomic E-state index is -0.693. The molecule has 3 amide bonds.